The second-order valence-electron chi connectivity index (χ2n) is 7.27. The van der Waals surface area contributed by atoms with E-state index in [0.29, 0.717) is 33.2 Å². The molecule has 2 heterocycles. The van der Waals surface area contributed by atoms with Gasteiger partial charge >= 0.3 is 7.82 Å². The Morgan fingerprint density at radius 2 is 1.70 bits per heavy atom. The molecule has 0 aliphatic carbocycles. The zero-order valence-corrected chi connectivity index (χ0v) is 18.8. The highest BCUT2D eigenvalue weighted by molar-refractivity contribution is 7.46. The van der Waals surface area contributed by atoms with E-state index < -0.39 is 19.8 Å². The van der Waals surface area contributed by atoms with Gasteiger partial charge in [0, 0.05) is 22.2 Å². The molecule has 0 saturated carbocycles. The summed E-state index contributed by atoms with van der Waals surface area (Å²) in [5.74, 6) is 0. The van der Waals surface area contributed by atoms with Crippen LogP contribution in [0, 0.1) is 0 Å². The number of halogens is 1. The highest BCUT2D eigenvalue weighted by Gasteiger charge is 2.43. The molecule has 0 spiro atoms. The van der Waals surface area contributed by atoms with Gasteiger partial charge in [-0.05, 0) is 22.7 Å². The summed E-state index contributed by atoms with van der Waals surface area (Å²) in [5.41, 5.74) is 10.6. The summed E-state index contributed by atoms with van der Waals surface area (Å²) in [5, 5.41) is 4.17. The zero-order chi connectivity index (χ0) is 23.5. The van der Waals surface area contributed by atoms with Gasteiger partial charge in [0.25, 0.3) is 0 Å². The van der Waals surface area contributed by atoms with Crippen LogP contribution in [0.1, 0.15) is 22.5 Å². The molecule has 4 rings (SSSR count). The first-order valence-corrected chi connectivity index (χ1v) is 11.7. The summed E-state index contributed by atoms with van der Waals surface area (Å²) in [6.07, 6.45) is 1.72. The molecular weight excluding hydrogens is 465 g/mol. The molecule has 0 radical (unpaired) electrons. The van der Waals surface area contributed by atoms with E-state index in [1.165, 1.54) is 0 Å². The first-order valence-electron chi connectivity index (χ1n) is 9.84. The largest absolute Gasteiger partial charge is 0.469 e. The van der Waals surface area contributed by atoms with Crippen LogP contribution in [0.25, 0.3) is 16.1 Å². The lowest BCUT2D eigenvalue weighted by Crippen LogP contribution is -2.37. The summed E-state index contributed by atoms with van der Waals surface area (Å²) in [7, 11) is -4.84. The first-order chi connectivity index (χ1) is 15.8. The van der Waals surface area contributed by atoms with E-state index in [1.807, 2.05) is 60.7 Å². The Hall–Kier alpha value is -3.16. The molecule has 2 N–H and O–H groups in total. The summed E-state index contributed by atoms with van der Waals surface area (Å²) in [6, 6.07) is 21.8. The van der Waals surface area contributed by atoms with Gasteiger partial charge in [0.05, 0.1) is 30.0 Å². The zero-order valence-electron chi connectivity index (χ0n) is 17.2. The lowest BCUT2D eigenvalue weighted by molar-refractivity contribution is 0.173. The number of hydrogen-bond acceptors (Lipinski definition) is 4. The number of aromatic nitrogens is 2. The van der Waals surface area contributed by atoms with Crippen molar-refractivity contribution in [3.63, 3.8) is 0 Å². The monoisotopic (exact) mass is 483 g/mol. The summed E-state index contributed by atoms with van der Waals surface area (Å²) < 4.78 is 18.8. The van der Waals surface area contributed by atoms with Crippen LogP contribution >= 0.6 is 19.4 Å². The summed E-state index contributed by atoms with van der Waals surface area (Å²) in [6.45, 7) is -0.479. The maximum Gasteiger partial charge on any atom is 0.469 e. The average molecular weight is 484 g/mol. The van der Waals surface area contributed by atoms with Crippen LogP contribution in [0.5, 0.6) is 0 Å². The smallest absolute Gasteiger partial charge is 0.303 e. The fourth-order valence-corrected chi connectivity index (χ4v) is 4.55. The van der Waals surface area contributed by atoms with Crippen molar-refractivity contribution in [3.05, 3.63) is 117 Å². The first kappa shape index (κ1) is 23.0. The predicted molar refractivity (Wildman–Crippen MR) is 124 cm³/mol. The van der Waals surface area contributed by atoms with E-state index >= 15 is 0 Å². The van der Waals surface area contributed by atoms with Gasteiger partial charge in [-0.25, -0.2) is 9.55 Å². The predicted octanol–water partition coefficient (Wildman–Crippen LogP) is 5.24. The molecule has 11 heteroatoms. The average Bonchev–Trinajstić information content (AvgIpc) is 3.16. The SMILES string of the molecule is [N-]=[N+]=NCc1nc2cc(Cl)ccn2c1C(COP(=O)(O)O)(c1ccccc1)c1ccccc1. The Balaban J connectivity index is 2.14. The number of azide groups is 1. The fourth-order valence-electron chi connectivity index (χ4n) is 4.03. The van der Waals surface area contributed by atoms with Crippen LogP contribution in [0.3, 0.4) is 0 Å². The van der Waals surface area contributed by atoms with E-state index in [0.717, 1.165) is 0 Å². The third kappa shape index (κ3) is 4.65. The Labute approximate surface area is 194 Å². The second-order valence-corrected chi connectivity index (χ2v) is 8.95. The number of phosphoric ester groups is 1. The molecule has 0 atom stereocenters. The van der Waals surface area contributed by atoms with E-state index in [4.69, 9.17) is 21.7 Å². The maximum atomic E-state index is 11.8. The Bertz CT molecular complexity index is 1330. The topological polar surface area (TPSA) is 133 Å². The van der Waals surface area contributed by atoms with E-state index in [-0.39, 0.29) is 6.54 Å². The van der Waals surface area contributed by atoms with Crippen LogP contribution in [-0.2, 0) is 21.0 Å². The standard InChI is InChI=1S/C22H19ClN5O4P/c23-18-11-12-28-20(13-18)26-19(14-25-27-24)21(28)22(15-32-33(29,30)31,16-7-3-1-4-8-16)17-9-5-2-6-10-17/h1-13H,14-15H2,(H2,29,30,31). The van der Waals surface area contributed by atoms with Gasteiger partial charge in [-0.1, -0.05) is 77.4 Å². The molecule has 0 bridgehead atoms. The molecule has 0 unspecified atom stereocenters. The molecule has 0 aliphatic heterocycles. The van der Waals surface area contributed by atoms with Crippen molar-refractivity contribution in [2.75, 3.05) is 6.61 Å². The molecule has 0 saturated heterocycles. The van der Waals surface area contributed by atoms with Gasteiger partial charge < -0.3 is 14.2 Å². The molecule has 2 aromatic heterocycles. The number of benzene rings is 2. The van der Waals surface area contributed by atoms with E-state index in [1.54, 1.807) is 22.7 Å². The number of nitrogens with zero attached hydrogens (tertiary/aromatic N) is 5. The summed E-state index contributed by atoms with van der Waals surface area (Å²) >= 11 is 6.19. The van der Waals surface area contributed by atoms with Gasteiger partial charge in [0.15, 0.2) is 0 Å². The van der Waals surface area contributed by atoms with Gasteiger partial charge in [-0.2, -0.15) is 0 Å². The minimum absolute atomic E-state index is 0.0809. The summed E-state index contributed by atoms with van der Waals surface area (Å²) in [4.78, 5) is 26.7. The number of hydrogen-bond donors (Lipinski definition) is 2. The Morgan fingerprint density at radius 1 is 1.09 bits per heavy atom. The third-order valence-electron chi connectivity index (χ3n) is 5.33. The Morgan fingerprint density at radius 3 is 2.24 bits per heavy atom. The lowest BCUT2D eigenvalue weighted by atomic mass is 9.71. The van der Waals surface area contributed by atoms with Crippen LogP contribution in [0.15, 0.2) is 84.1 Å². The molecule has 0 aliphatic rings. The highest BCUT2D eigenvalue weighted by Crippen LogP contribution is 2.46. The third-order valence-corrected chi connectivity index (χ3v) is 6.03. The lowest BCUT2D eigenvalue weighted by Gasteiger charge is -2.35. The normalized spacial score (nSPS) is 12.0. The molecule has 2 aromatic carbocycles. The molecule has 33 heavy (non-hydrogen) atoms. The molecule has 0 amide bonds. The van der Waals surface area contributed by atoms with Gasteiger partial charge in [-0.15, -0.1) is 0 Å². The van der Waals surface area contributed by atoms with Crippen LogP contribution < -0.4 is 0 Å². The second kappa shape index (κ2) is 9.37. The van der Waals surface area contributed by atoms with Crippen molar-refractivity contribution in [2.24, 2.45) is 5.11 Å². The maximum absolute atomic E-state index is 11.8. The molecule has 168 valence electrons. The number of rotatable bonds is 8. The van der Waals surface area contributed by atoms with E-state index in [9.17, 15) is 14.4 Å². The van der Waals surface area contributed by atoms with Crippen LogP contribution in [-0.4, -0.2) is 25.8 Å². The van der Waals surface area contributed by atoms with Crippen molar-refractivity contribution >= 4 is 25.1 Å². The van der Waals surface area contributed by atoms with Crippen LogP contribution in [0.2, 0.25) is 5.02 Å². The highest BCUT2D eigenvalue weighted by atomic mass is 35.5. The molecular formula is C22H19ClN5O4P. The number of phosphoric acid groups is 1. The van der Waals surface area contributed by atoms with Crippen molar-refractivity contribution in [3.8, 4) is 0 Å². The van der Waals surface area contributed by atoms with Crippen LogP contribution in [0.4, 0.5) is 0 Å². The van der Waals surface area contributed by atoms with Gasteiger partial charge in [0.1, 0.15) is 5.65 Å². The van der Waals surface area contributed by atoms with Crippen molar-refractivity contribution in [1.82, 2.24) is 9.38 Å². The van der Waals surface area contributed by atoms with Gasteiger partial charge in [0.2, 0.25) is 0 Å². The van der Waals surface area contributed by atoms with Crippen molar-refractivity contribution in [1.29, 1.82) is 0 Å². The molecule has 9 nitrogen and oxygen atoms in total. The molecule has 4 aromatic rings. The molecule has 0 fully saturated rings. The Kier molecular flexibility index (Phi) is 6.54. The minimum atomic E-state index is -4.84. The number of fused-ring (bicyclic) bond motifs is 1. The van der Waals surface area contributed by atoms with E-state index in [2.05, 4.69) is 15.0 Å². The van der Waals surface area contributed by atoms with Crippen molar-refractivity contribution < 1.29 is 18.9 Å². The number of imidazole rings is 1. The minimum Gasteiger partial charge on any atom is -0.303 e. The van der Waals surface area contributed by atoms with Crippen molar-refractivity contribution in [2.45, 2.75) is 12.0 Å². The van der Waals surface area contributed by atoms with Gasteiger partial charge in [-0.3, -0.25) is 4.52 Å². The quantitative estimate of drug-likeness (QED) is 0.153. The number of pyridine rings is 1. The fraction of sp³-hybridized carbons (Fsp3) is 0.136.